The van der Waals surface area contributed by atoms with Crippen molar-refractivity contribution in [3.8, 4) is 11.5 Å². The molecule has 0 radical (unpaired) electrons. The second-order valence-corrected chi connectivity index (χ2v) is 4.55. The van der Waals surface area contributed by atoms with Gasteiger partial charge in [-0.2, -0.15) is 0 Å². The van der Waals surface area contributed by atoms with Gasteiger partial charge in [0.1, 0.15) is 0 Å². The van der Waals surface area contributed by atoms with E-state index in [0.29, 0.717) is 30.8 Å². The standard InChI is InChI=1S/C16H22O4/c1-4-8-14(17)19-13-11-7-10-12(6-3)16(13)20-15(18)9-5-2/h7,10-11H,4-6,8-9H2,1-3H3. The summed E-state index contributed by atoms with van der Waals surface area (Å²) < 4.78 is 10.7. The molecule has 0 unspecified atom stereocenters. The van der Waals surface area contributed by atoms with Gasteiger partial charge in [0, 0.05) is 12.8 Å². The van der Waals surface area contributed by atoms with Crippen molar-refractivity contribution in [2.75, 3.05) is 0 Å². The molecule has 4 heteroatoms. The molecule has 0 heterocycles. The Hall–Kier alpha value is -1.84. The molecular weight excluding hydrogens is 256 g/mol. The van der Waals surface area contributed by atoms with Gasteiger partial charge in [-0.3, -0.25) is 9.59 Å². The van der Waals surface area contributed by atoms with E-state index in [4.69, 9.17) is 9.47 Å². The van der Waals surface area contributed by atoms with E-state index in [1.54, 1.807) is 12.1 Å². The van der Waals surface area contributed by atoms with Crippen molar-refractivity contribution in [2.24, 2.45) is 0 Å². The van der Waals surface area contributed by atoms with E-state index >= 15 is 0 Å². The van der Waals surface area contributed by atoms with E-state index < -0.39 is 0 Å². The van der Waals surface area contributed by atoms with Gasteiger partial charge in [0.15, 0.2) is 11.5 Å². The quantitative estimate of drug-likeness (QED) is 0.564. The van der Waals surface area contributed by atoms with Crippen molar-refractivity contribution in [3.63, 3.8) is 0 Å². The van der Waals surface area contributed by atoms with Gasteiger partial charge in [-0.15, -0.1) is 0 Å². The number of carbonyl (C=O) groups excluding carboxylic acids is 2. The molecule has 0 aromatic heterocycles. The molecule has 0 aliphatic rings. The normalized spacial score (nSPS) is 10.2. The lowest BCUT2D eigenvalue weighted by molar-refractivity contribution is -0.137. The van der Waals surface area contributed by atoms with Gasteiger partial charge in [-0.25, -0.2) is 0 Å². The molecule has 0 spiro atoms. The molecule has 4 nitrogen and oxygen atoms in total. The van der Waals surface area contributed by atoms with Crippen LogP contribution in [0.1, 0.15) is 52.0 Å². The third-order valence-electron chi connectivity index (χ3n) is 2.79. The summed E-state index contributed by atoms with van der Waals surface area (Å²) in [4.78, 5) is 23.3. The zero-order valence-corrected chi connectivity index (χ0v) is 12.4. The largest absolute Gasteiger partial charge is 0.423 e. The summed E-state index contributed by atoms with van der Waals surface area (Å²) in [7, 11) is 0. The zero-order valence-electron chi connectivity index (χ0n) is 12.4. The Morgan fingerprint density at radius 2 is 1.55 bits per heavy atom. The summed E-state index contributed by atoms with van der Waals surface area (Å²) in [5.41, 5.74) is 0.858. The van der Waals surface area contributed by atoms with Crippen LogP contribution < -0.4 is 9.47 Å². The maximum absolute atomic E-state index is 11.7. The minimum Gasteiger partial charge on any atom is -0.423 e. The fraction of sp³-hybridized carbons (Fsp3) is 0.500. The lowest BCUT2D eigenvalue weighted by atomic mass is 10.1. The molecule has 0 N–H and O–H groups in total. The Balaban J connectivity index is 2.97. The SMILES string of the molecule is CCCC(=O)Oc1cccc(CC)c1OC(=O)CCC. The number of para-hydroxylation sites is 1. The number of carbonyl (C=O) groups is 2. The van der Waals surface area contributed by atoms with Crippen LogP contribution in [-0.4, -0.2) is 11.9 Å². The van der Waals surface area contributed by atoms with Gasteiger partial charge >= 0.3 is 11.9 Å². The van der Waals surface area contributed by atoms with Crippen LogP contribution in [0.5, 0.6) is 11.5 Å². The van der Waals surface area contributed by atoms with Crippen molar-refractivity contribution in [3.05, 3.63) is 23.8 Å². The van der Waals surface area contributed by atoms with E-state index in [1.165, 1.54) is 0 Å². The van der Waals surface area contributed by atoms with Crippen LogP contribution in [0.2, 0.25) is 0 Å². The summed E-state index contributed by atoms with van der Waals surface area (Å²) in [5, 5.41) is 0. The highest BCUT2D eigenvalue weighted by atomic mass is 16.6. The van der Waals surface area contributed by atoms with Gasteiger partial charge in [-0.1, -0.05) is 32.9 Å². The number of hydrogen-bond acceptors (Lipinski definition) is 4. The van der Waals surface area contributed by atoms with E-state index in [9.17, 15) is 9.59 Å². The van der Waals surface area contributed by atoms with Crippen LogP contribution in [0.25, 0.3) is 0 Å². The van der Waals surface area contributed by atoms with Crippen molar-refractivity contribution in [1.82, 2.24) is 0 Å². The average molecular weight is 278 g/mol. The smallest absolute Gasteiger partial charge is 0.311 e. The molecule has 0 fully saturated rings. The first-order chi connectivity index (χ1) is 9.62. The summed E-state index contributed by atoms with van der Waals surface area (Å²) in [6, 6.07) is 5.32. The van der Waals surface area contributed by atoms with Gasteiger partial charge in [0.25, 0.3) is 0 Å². The Labute approximate surface area is 120 Å². The molecule has 0 saturated heterocycles. The van der Waals surface area contributed by atoms with Crippen LogP contribution in [0.3, 0.4) is 0 Å². The summed E-state index contributed by atoms with van der Waals surface area (Å²) in [5.74, 6) is 0.0832. The number of ether oxygens (including phenoxy) is 2. The molecular formula is C16H22O4. The number of aryl methyl sites for hydroxylation is 1. The number of hydrogen-bond donors (Lipinski definition) is 0. The van der Waals surface area contributed by atoms with Crippen LogP contribution in [0.4, 0.5) is 0 Å². The molecule has 20 heavy (non-hydrogen) atoms. The Morgan fingerprint density at radius 3 is 2.10 bits per heavy atom. The first-order valence-corrected chi connectivity index (χ1v) is 7.15. The third-order valence-corrected chi connectivity index (χ3v) is 2.79. The molecule has 0 aliphatic heterocycles. The van der Waals surface area contributed by atoms with E-state index in [-0.39, 0.29) is 11.9 Å². The summed E-state index contributed by atoms with van der Waals surface area (Å²) in [6.45, 7) is 5.78. The van der Waals surface area contributed by atoms with E-state index in [0.717, 1.165) is 18.4 Å². The molecule has 1 aromatic rings. The van der Waals surface area contributed by atoms with Crippen molar-refractivity contribution >= 4 is 11.9 Å². The molecule has 1 rings (SSSR count). The summed E-state index contributed by atoms with van der Waals surface area (Å²) in [6.07, 6.45) is 2.84. The molecule has 110 valence electrons. The molecule has 0 bridgehead atoms. The molecule has 0 saturated carbocycles. The van der Waals surface area contributed by atoms with Crippen LogP contribution in [-0.2, 0) is 16.0 Å². The fourth-order valence-electron chi connectivity index (χ4n) is 1.78. The van der Waals surface area contributed by atoms with E-state index in [2.05, 4.69) is 0 Å². The molecule has 0 atom stereocenters. The van der Waals surface area contributed by atoms with Crippen LogP contribution in [0.15, 0.2) is 18.2 Å². The van der Waals surface area contributed by atoms with Gasteiger partial charge in [0.2, 0.25) is 0 Å². The predicted molar refractivity (Wildman–Crippen MR) is 76.9 cm³/mol. The molecule has 1 aromatic carbocycles. The first kappa shape index (κ1) is 16.2. The van der Waals surface area contributed by atoms with Crippen molar-refractivity contribution in [2.45, 2.75) is 52.9 Å². The average Bonchev–Trinajstić information content (AvgIpc) is 2.41. The molecule has 0 aliphatic carbocycles. The van der Waals surface area contributed by atoms with Crippen molar-refractivity contribution in [1.29, 1.82) is 0 Å². The Kier molecular flexibility index (Phi) is 6.77. The van der Waals surface area contributed by atoms with Crippen LogP contribution in [0, 0.1) is 0 Å². The fourth-order valence-corrected chi connectivity index (χ4v) is 1.78. The zero-order chi connectivity index (χ0) is 15.0. The minimum atomic E-state index is -0.312. The van der Waals surface area contributed by atoms with E-state index in [1.807, 2.05) is 26.8 Å². The highest BCUT2D eigenvalue weighted by Gasteiger charge is 2.16. The second kappa shape index (κ2) is 8.35. The highest BCUT2D eigenvalue weighted by Crippen LogP contribution is 2.32. The second-order valence-electron chi connectivity index (χ2n) is 4.55. The van der Waals surface area contributed by atoms with Gasteiger partial charge < -0.3 is 9.47 Å². The van der Waals surface area contributed by atoms with Crippen molar-refractivity contribution < 1.29 is 19.1 Å². The predicted octanol–water partition coefficient (Wildman–Crippen LogP) is 3.66. The molecule has 0 amide bonds. The number of rotatable bonds is 7. The third kappa shape index (κ3) is 4.68. The number of esters is 2. The van der Waals surface area contributed by atoms with Crippen LogP contribution >= 0.6 is 0 Å². The highest BCUT2D eigenvalue weighted by molar-refractivity contribution is 5.76. The van der Waals surface area contributed by atoms with Gasteiger partial charge in [-0.05, 0) is 30.9 Å². The lowest BCUT2D eigenvalue weighted by Crippen LogP contribution is -2.12. The minimum absolute atomic E-state index is 0.304. The topological polar surface area (TPSA) is 52.6 Å². The number of benzene rings is 1. The Morgan fingerprint density at radius 1 is 0.950 bits per heavy atom. The monoisotopic (exact) mass is 278 g/mol. The lowest BCUT2D eigenvalue weighted by Gasteiger charge is -2.13. The maximum atomic E-state index is 11.7. The maximum Gasteiger partial charge on any atom is 0.311 e. The van der Waals surface area contributed by atoms with Gasteiger partial charge in [0.05, 0.1) is 0 Å². The first-order valence-electron chi connectivity index (χ1n) is 7.15. The Bertz CT molecular complexity index is 466. The summed E-state index contributed by atoms with van der Waals surface area (Å²) >= 11 is 0.